The molecule has 120 valence electrons. The summed E-state index contributed by atoms with van der Waals surface area (Å²) in [6.45, 7) is 2.73. The van der Waals surface area contributed by atoms with Crippen LogP contribution in [0.1, 0.15) is 18.9 Å². The quantitative estimate of drug-likeness (QED) is 0.740. The smallest absolute Gasteiger partial charge is 0.282 e. The maximum atomic E-state index is 12.5. The lowest BCUT2D eigenvalue weighted by Gasteiger charge is -2.26. The summed E-state index contributed by atoms with van der Waals surface area (Å²) in [5.41, 5.74) is 0.860. The van der Waals surface area contributed by atoms with E-state index in [-0.39, 0.29) is 13.2 Å². The van der Waals surface area contributed by atoms with Crippen LogP contribution < -0.4 is 4.74 Å². The minimum Gasteiger partial charge on any atom is -0.497 e. The molecule has 0 saturated carbocycles. The van der Waals surface area contributed by atoms with Gasteiger partial charge >= 0.3 is 0 Å². The van der Waals surface area contributed by atoms with Crippen molar-refractivity contribution >= 4 is 10.2 Å². The molecule has 0 spiro atoms. The molecule has 7 heteroatoms. The monoisotopic (exact) mass is 316 g/mol. The first-order chi connectivity index (χ1) is 9.95. The molecule has 0 aliphatic carbocycles. The molecule has 0 aliphatic rings. The van der Waals surface area contributed by atoms with Gasteiger partial charge in [-0.3, -0.25) is 0 Å². The lowest BCUT2D eigenvalue weighted by atomic mass is 10.2. The van der Waals surface area contributed by atoms with Crippen LogP contribution in [-0.2, 0) is 16.8 Å². The molecular weight excluding hydrogens is 292 g/mol. The third kappa shape index (κ3) is 4.96. The molecule has 0 radical (unpaired) electrons. The molecule has 1 aromatic carbocycles. The Morgan fingerprint density at radius 3 is 2.62 bits per heavy atom. The molecule has 1 N–H and O–H groups in total. The average Bonchev–Trinajstić information content (AvgIpc) is 2.48. The van der Waals surface area contributed by atoms with Crippen molar-refractivity contribution < 1.29 is 18.3 Å². The first kappa shape index (κ1) is 17.9. The predicted molar refractivity (Wildman–Crippen MR) is 82.3 cm³/mol. The Hall–Kier alpha value is -1.15. The van der Waals surface area contributed by atoms with E-state index in [1.807, 2.05) is 24.3 Å². The van der Waals surface area contributed by atoms with Crippen molar-refractivity contribution in [3.8, 4) is 5.75 Å². The zero-order chi connectivity index (χ0) is 15.9. The molecule has 6 nitrogen and oxygen atoms in total. The minimum atomic E-state index is -3.53. The summed E-state index contributed by atoms with van der Waals surface area (Å²) in [4.78, 5) is 0. The Balaban J connectivity index is 2.82. The van der Waals surface area contributed by atoms with Gasteiger partial charge in [0.1, 0.15) is 5.75 Å². The predicted octanol–water partition coefficient (Wildman–Crippen LogP) is 1.08. The maximum absolute atomic E-state index is 12.5. The van der Waals surface area contributed by atoms with Crippen LogP contribution in [0.2, 0.25) is 0 Å². The fourth-order valence-electron chi connectivity index (χ4n) is 1.99. The first-order valence-electron chi connectivity index (χ1n) is 6.91. The molecule has 0 amide bonds. The number of ether oxygens (including phenoxy) is 1. The van der Waals surface area contributed by atoms with E-state index in [2.05, 4.69) is 0 Å². The third-order valence-corrected chi connectivity index (χ3v) is 5.19. The van der Waals surface area contributed by atoms with Crippen molar-refractivity contribution in [3.05, 3.63) is 29.8 Å². The normalized spacial score (nSPS) is 12.1. The second kappa shape index (κ2) is 8.33. The van der Waals surface area contributed by atoms with Gasteiger partial charge in [0.05, 0.1) is 7.11 Å². The van der Waals surface area contributed by atoms with Crippen LogP contribution >= 0.6 is 0 Å². The van der Waals surface area contributed by atoms with Gasteiger partial charge in [0.15, 0.2) is 0 Å². The van der Waals surface area contributed by atoms with Gasteiger partial charge < -0.3 is 9.84 Å². The van der Waals surface area contributed by atoms with Crippen molar-refractivity contribution in [1.29, 1.82) is 0 Å². The van der Waals surface area contributed by atoms with Crippen molar-refractivity contribution in [2.75, 3.05) is 33.9 Å². The number of aliphatic hydroxyl groups is 1. The fraction of sp³-hybridized carbons (Fsp3) is 0.571. The van der Waals surface area contributed by atoms with Gasteiger partial charge in [-0.25, -0.2) is 0 Å². The van der Waals surface area contributed by atoms with Gasteiger partial charge in [0, 0.05) is 33.3 Å². The highest BCUT2D eigenvalue weighted by Gasteiger charge is 2.25. The number of hydrogen-bond acceptors (Lipinski definition) is 4. The number of methoxy groups -OCH3 is 1. The average molecular weight is 316 g/mol. The Labute approximate surface area is 127 Å². The molecular formula is C14H24N2O4S. The Morgan fingerprint density at radius 2 is 2.05 bits per heavy atom. The van der Waals surface area contributed by atoms with E-state index in [1.165, 1.54) is 8.61 Å². The van der Waals surface area contributed by atoms with Crippen molar-refractivity contribution in [2.24, 2.45) is 0 Å². The van der Waals surface area contributed by atoms with Gasteiger partial charge in [-0.15, -0.1) is 0 Å². The summed E-state index contributed by atoms with van der Waals surface area (Å²) in [6, 6.07) is 7.32. The zero-order valence-electron chi connectivity index (χ0n) is 12.8. The molecule has 0 aromatic heterocycles. The molecule has 0 heterocycles. The third-order valence-electron chi connectivity index (χ3n) is 3.18. The Bertz CT molecular complexity index is 534. The molecule has 21 heavy (non-hydrogen) atoms. The van der Waals surface area contributed by atoms with Crippen LogP contribution in [0.15, 0.2) is 24.3 Å². The van der Waals surface area contributed by atoms with Crippen LogP contribution in [0.4, 0.5) is 0 Å². The number of rotatable bonds is 9. The standard InChI is InChI=1S/C14H24N2O4S/c1-4-16(9-6-10-17)21(18,19)15(2)12-13-7-5-8-14(11-13)20-3/h5,7-8,11,17H,4,6,9-10,12H2,1-3H3. The molecule has 1 aromatic rings. The Morgan fingerprint density at radius 1 is 1.33 bits per heavy atom. The minimum absolute atomic E-state index is 0.0222. The summed E-state index contributed by atoms with van der Waals surface area (Å²) in [7, 11) is -0.398. The largest absolute Gasteiger partial charge is 0.497 e. The molecule has 0 atom stereocenters. The molecule has 0 unspecified atom stereocenters. The van der Waals surface area contributed by atoms with E-state index >= 15 is 0 Å². The topological polar surface area (TPSA) is 70.1 Å². The highest BCUT2D eigenvalue weighted by atomic mass is 32.2. The summed E-state index contributed by atoms with van der Waals surface area (Å²) >= 11 is 0. The van der Waals surface area contributed by atoms with E-state index < -0.39 is 10.2 Å². The SMILES string of the molecule is CCN(CCCO)S(=O)(=O)N(C)Cc1cccc(OC)c1. The number of hydrogen-bond donors (Lipinski definition) is 1. The molecule has 0 aliphatic heterocycles. The van der Waals surface area contributed by atoms with Gasteiger partial charge in [-0.05, 0) is 24.1 Å². The van der Waals surface area contributed by atoms with Gasteiger partial charge in [0.25, 0.3) is 10.2 Å². The summed E-state index contributed by atoms with van der Waals surface area (Å²) in [6.07, 6.45) is 0.431. The van der Waals surface area contributed by atoms with Crippen LogP contribution in [0.3, 0.4) is 0 Å². The second-order valence-corrected chi connectivity index (χ2v) is 6.72. The number of benzene rings is 1. The van der Waals surface area contributed by atoms with Gasteiger partial charge in [0.2, 0.25) is 0 Å². The summed E-state index contributed by atoms with van der Waals surface area (Å²) in [5.74, 6) is 0.700. The highest BCUT2D eigenvalue weighted by Crippen LogP contribution is 2.16. The Kier molecular flexibility index (Phi) is 7.10. The molecule has 1 rings (SSSR count). The molecule has 0 saturated heterocycles. The summed E-state index contributed by atoms with van der Waals surface area (Å²) < 4.78 is 32.7. The van der Waals surface area contributed by atoms with Gasteiger partial charge in [-0.2, -0.15) is 17.0 Å². The number of nitrogens with zero attached hydrogens (tertiary/aromatic N) is 2. The molecule has 0 bridgehead atoms. The first-order valence-corrected chi connectivity index (χ1v) is 8.30. The van der Waals surface area contributed by atoms with E-state index in [9.17, 15) is 8.42 Å². The molecule has 0 fully saturated rings. The highest BCUT2D eigenvalue weighted by molar-refractivity contribution is 7.86. The lowest BCUT2D eigenvalue weighted by molar-refractivity contribution is 0.266. The lowest BCUT2D eigenvalue weighted by Crippen LogP contribution is -2.42. The van der Waals surface area contributed by atoms with Gasteiger partial charge in [-0.1, -0.05) is 19.1 Å². The van der Waals surface area contributed by atoms with E-state index in [4.69, 9.17) is 9.84 Å². The van der Waals surface area contributed by atoms with E-state index in [0.717, 1.165) is 5.56 Å². The fourth-order valence-corrected chi connectivity index (χ4v) is 3.38. The van der Waals surface area contributed by atoms with Crippen molar-refractivity contribution in [3.63, 3.8) is 0 Å². The van der Waals surface area contributed by atoms with Crippen molar-refractivity contribution in [1.82, 2.24) is 8.61 Å². The van der Waals surface area contributed by atoms with Crippen LogP contribution in [-0.4, -0.2) is 56.0 Å². The van der Waals surface area contributed by atoms with E-state index in [0.29, 0.717) is 25.3 Å². The van der Waals surface area contributed by atoms with Crippen LogP contribution in [0.5, 0.6) is 5.75 Å². The number of aliphatic hydroxyl groups excluding tert-OH is 1. The van der Waals surface area contributed by atoms with Crippen LogP contribution in [0.25, 0.3) is 0 Å². The summed E-state index contributed by atoms with van der Waals surface area (Å²) in [5, 5.41) is 8.86. The van der Waals surface area contributed by atoms with Crippen molar-refractivity contribution in [2.45, 2.75) is 19.9 Å². The second-order valence-electron chi connectivity index (χ2n) is 4.68. The van der Waals surface area contributed by atoms with E-state index in [1.54, 1.807) is 21.1 Å². The van der Waals surface area contributed by atoms with Crippen LogP contribution in [0, 0.1) is 0 Å². The maximum Gasteiger partial charge on any atom is 0.282 e. The zero-order valence-corrected chi connectivity index (χ0v) is 13.6.